The molecule has 0 aliphatic carbocycles. The van der Waals surface area contributed by atoms with Crippen LogP contribution in [0.2, 0.25) is 0 Å². The van der Waals surface area contributed by atoms with Crippen LogP contribution < -0.4 is 5.73 Å². The van der Waals surface area contributed by atoms with Crippen LogP contribution >= 0.6 is 0 Å². The number of ether oxygens (including phenoxy) is 2. The first-order valence-electron chi connectivity index (χ1n) is 5.07. The highest BCUT2D eigenvalue weighted by atomic mass is 16.5. The van der Waals surface area contributed by atoms with Crippen LogP contribution in [0.25, 0.3) is 0 Å². The van der Waals surface area contributed by atoms with Crippen LogP contribution in [0.15, 0.2) is 24.3 Å². The van der Waals surface area contributed by atoms with Gasteiger partial charge < -0.3 is 15.2 Å². The van der Waals surface area contributed by atoms with Crippen molar-refractivity contribution in [2.24, 2.45) is 5.73 Å². The molecule has 1 aromatic carbocycles. The lowest BCUT2D eigenvalue weighted by Gasteiger charge is -2.11. The van der Waals surface area contributed by atoms with Gasteiger partial charge in [-0.3, -0.25) is 4.79 Å². The number of esters is 1. The lowest BCUT2D eigenvalue weighted by molar-refractivity contribution is -0.141. The molecule has 2 N–H and O–H groups in total. The van der Waals surface area contributed by atoms with Crippen molar-refractivity contribution >= 4 is 5.97 Å². The van der Waals surface area contributed by atoms with Gasteiger partial charge in [0.2, 0.25) is 0 Å². The topological polar surface area (TPSA) is 61.5 Å². The van der Waals surface area contributed by atoms with Crippen LogP contribution in [0.5, 0.6) is 0 Å². The van der Waals surface area contributed by atoms with Gasteiger partial charge in [0.25, 0.3) is 0 Å². The highest BCUT2D eigenvalue weighted by molar-refractivity contribution is 5.70. The van der Waals surface area contributed by atoms with Crippen LogP contribution in [0.1, 0.15) is 23.6 Å². The summed E-state index contributed by atoms with van der Waals surface area (Å²) < 4.78 is 9.61. The Kier molecular flexibility index (Phi) is 4.95. The van der Waals surface area contributed by atoms with Crippen molar-refractivity contribution in [3.63, 3.8) is 0 Å². The van der Waals surface area contributed by atoms with Crippen molar-refractivity contribution in [3.05, 3.63) is 35.4 Å². The van der Waals surface area contributed by atoms with Crippen LogP contribution in [0, 0.1) is 0 Å². The van der Waals surface area contributed by atoms with E-state index in [0.717, 1.165) is 11.1 Å². The molecule has 0 spiro atoms. The van der Waals surface area contributed by atoms with E-state index in [9.17, 15) is 4.79 Å². The molecule has 1 atom stereocenters. The number of carbonyl (C=O) groups is 1. The maximum absolute atomic E-state index is 11.1. The predicted molar refractivity (Wildman–Crippen MR) is 60.7 cm³/mol. The standard InChI is InChI=1S/C12H17NO3/c1-15-8-9-4-3-5-10(6-9)11(13)7-12(14)16-2/h3-6,11H,7-8,13H2,1-2H3/t11-/m0/s1. The summed E-state index contributed by atoms with van der Waals surface area (Å²) in [6.45, 7) is 0.540. The lowest BCUT2D eigenvalue weighted by Crippen LogP contribution is -2.16. The van der Waals surface area contributed by atoms with Gasteiger partial charge in [0.1, 0.15) is 0 Å². The summed E-state index contributed by atoms with van der Waals surface area (Å²) in [4.78, 5) is 11.1. The Morgan fingerprint density at radius 3 is 2.81 bits per heavy atom. The highest BCUT2D eigenvalue weighted by Crippen LogP contribution is 2.16. The van der Waals surface area contributed by atoms with Gasteiger partial charge in [0, 0.05) is 13.2 Å². The van der Waals surface area contributed by atoms with E-state index in [2.05, 4.69) is 4.74 Å². The normalized spacial score (nSPS) is 12.2. The molecule has 0 heterocycles. The molecular formula is C12H17NO3. The quantitative estimate of drug-likeness (QED) is 0.766. The van der Waals surface area contributed by atoms with Crippen molar-refractivity contribution in [3.8, 4) is 0 Å². The van der Waals surface area contributed by atoms with Gasteiger partial charge in [-0.15, -0.1) is 0 Å². The Morgan fingerprint density at radius 2 is 2.19 bits per heavy atom. The van der Waals surface area contributed by atoms with Crippen molar-refractivity contribution < 1.29 is 14.3 Å². The first-order chi connectivity index (χ1) is 7.67. The number of benzene rings is 1. The minimum atomic E-state index is -0.329. The Morgan fingerprint density at radius 1 is 1.44 bits per heavy atom. The summed E-state index contributed by atoms with van der Waals surface area (Å²) in [5.74, 6) is -0.301. The number of rotatable bonds is 5. The fourth-order valence-corrected chi connectivity index (χ4v) is 1.46. The molecule has 4 heteroatoms. The van der Waals surface area contributed by atoms with E-state index in [-0.39, 0.29) is 18.4 Å². The van der Waals surface area contributed by atoms with Gasteiger partial charge in [-0.05, 0) is 11.1 Å². The number of methoxy groups -OCH3 is 2. The molecule has 0 aliphatic rings. The first-order valence-corrected chi connectivity index (χ1v) is 5.07. The molecule has 0 fully saturated rings. The third-order valence-electron chi connectivity index (χ3n) is 2.30. The van der Waals surface area contributed by atoms with E-state index < -0.39 is 0 Å². The number of hydrogen-bond acceptors (Lipinski definition) is 4. The molecule has 0 unspecified atom stereocenters. The molecule has 16 heavy (non-hydrogen) atoms. The second-order valence-electron chi connectivity index (χ2n) is 3.56. The molecule has 1 aromatic rings. The molecule has 0 saturated carbocycles. The fraction of sp³-hybridized carbons (Fsp3) is 0.417. The SMILES string of the molecule is COCc1cccc([C@@H](N)CC(=O)OC)c1. The van der Waals surface area contributed by atoms with E-state index in [0.29, 0.717) is 6.61 Å². The minimum absolute atomic E-state index is 0.187. The first kappa shape index (κ1) is 12.7. The molecule has 88 valence electrons. The average Bonchev–Trinajstić information content (AvgIpc) is 2.29. The van der Waals surface area contributed by atoms with Crippen LogP contribution in [-0.2, 0) is 20.9 Å². The van der Waals surface area contributed by atoms with Gasteiger partial charge in [-0.1, -0.05) is 24.3 Å². The molecule has 0 amide bonds. The molecule has 0 aliphatic heterocycles. The van der Waals surface area contributed by atoms with E-state index in [1.807, 2.05) is 24.3 Å². The molecule has 4 nitrogen and oxygen atoms in total. The molecule has 1 rings (SSSR count). The summed E-state index contributed by atoms with van der Waals surface area (Å²) >= 11 is 0. The highest BCUT2D eigenvalue weighted by Gasteiger charge is 2.11. The maximum atomic E-state index is 11.1. The number of hydrogen-bond donors (Lipinski definition) is 1. The third kappa shape index (κ3) is 3.64. The molecular weight excluding hydrogens is 206 g/mol. The van der Waals surface area contributed by atoms with Gasteiger partial charge in [0.15, 0.2) is 0 Å². The summed E-state index contributed by atoms with van der Waals surface area (Å²) in [5, 5.41) is 0. The van der Waals surface area contributed by atoms with Crippen LogP contribution in [0.4, 0.5) is 0 Å². The molecule has 0 saturated heterocycles. The Balaban J connectivity index is 2.71. The fourth-order valence-electron chi connectivity index (χ4n) is 1.46. The van der Waals surface area contributed by atoms with Gasteiger partial charge in [-0.25, -0.2) is 0 Å². The Labute approximate surface area is 95.3 Å². The largest absolute Gasteiger partial charge is 0.469 e. The monoisotopic (exact) mass is 223 g/mol. The second kappa shape index (κ2) is 6.25. The van der Waals surface area contributed by atoms with Crippen molar-refractivity contribution in [2.45, 2.75) is 19.1 Å². The zero-order chi connectivity index (χ0) is 12.0. The number of nitrogens with two attached hydrogens (primary N) is 1. The summed E-state index contributed by atoms with van der Waals surface area (Å²) in [6.07, 6.45) is 0.187. The summed E-state index contributed by atoms with van der Waals surface area (Å²) in [7, 11) is 3.00. The van der Waals surface area contributed by atoms with Crippen molar-refractivity contribution in [1.29, 1.82) is 0 Å². The van der Waals surface area contributed by atoms with E-state index in [4.69, 9.17) is 10.5 Å². The zero-order valence-electron chi connectivity index (χ0n) is 9.60. The predicted octanol–water partition coefficient (Wildman–Crippen LogP) is 1.40. The minimum Gasteiger partial charge on any atom is -0.469 e. The third-order valence-corrected chi connectivity index (χ3v) is 2.30. The Hall–Kier alpha value is -1.39. The van der Waals surface area contributed by atoms with E-state index in [1.54, 1.807) is 7.11 Å². The van der Waals surface area contributed by atoms with Crippen LogP contribution in [0.3, 0.4) is 0 Å². The smallest absolute Gasteiger partial charge is 0.307 e. The van der Waals surface area contributed by atoms with Gasteiger partial charge in [0.05, 0.1) is 20.1 Å². The zero-order valence-corrected chi connectivity index (χ0v) is 9.60. The number of carbonyl (C=O) groups excluding carboxylic acids is 1. The molecule has 0 bridgehead atoms. The molecule has 0 radical (unpaired) electrons. The lowest BCUT2D eigenvalue weighted by atomic mass is 10.0. The Bertz CT molecular complexity index is 352. The van der Waals surface area contributed by atoms with Crippen LogP contribution in [-0.4, -0.2) is 20.2 Å². The molecule has 0 aromatic heterocycles. The van der Waals surface area contributed by atoms with Crippen molar-refractivity contribution in [2.75, 3.05) is 14.2 Å². The summed E-state index contributed by atoms with van der Waals surface area (Å²) in [5.41, 5.74) is 7.85. The maximum Gasteiger partial charge on any atom is 0.307 e. The average molecular weight is 223 g/mol. The van der Waals surface area contributed by atoms with Gasteiger partial charge >= 0.3 is 5.97 Å². The van der Waals surface area contributed by atoms with Crippen molar-refractivity contribution in [1.82, 2.24) is 0 Å². The summed E-state index contributed by atoms with van der Waals surface area (Å²) in [6, 6.07) is 7.37. The van der Waals surface area contributed by atoms with E-state index in [1.165, 1.54) is 7.11 Å². The second-order valence-corrected chi connectivity index (χ2v) is 3.56. The van der Waals surface area contributed by atoms with Gasteiger partial charge in [-0.2, -0.15) is 0 Å². The van der Waals surface area contributed by atoms with E-state index >= 15 is 0 Å².